The zero-order valence-corrected chi connectivity index (χ0v) is 19.7. The summed E-state index contributed by atoms with van der Waals surface area (Å²) in [6, 6.07) is 3.80. The number of nitrogens with zero attached hydrogens (tertiary/aromatic N) is 1. The first-order chi connectivity index (χ1) is 14.8. The van der Waals surface area contributed by atoms with Crippen LogP contribution in [0, 0.1) is 16.7 Å². The Kier molecular flexibility index (Phi) is 6.47. The standard InChI is InChI=1S/C26H35NO3S/c1-24(13-7-19-5-3-6-20-17-21(28)8-14-25(19,20)2)11-4-12-26(24,30)23(29)18-31-22-9-15-27-16-10-22/h9-10,15-17,19,30H,3-8,11-14,18H2,1-2H3/t19?,24?,25?,26-/m0/s1. The lowest BCUT2D eigenvalue weighted by Gasteiger charge is -2.47. The minimum atomic E-state index is -1.23. The number of aliphatic hydroxyl groups is 1. The van der Waals surface area contributed by atoms with E-state index in [1.54, 1.807) is 12.4 Å². The van der Waals surface area contributed by atoms with Crippen LogP contribution >= 0.6 is 11.8 Å². The number of Topliss-reactive ketones (excluding diaryl/α,β-unsaturated/α-hetero) is 1. The van der Waals surface area contributed by atoms with Crippen LogP contribution in [0.3, 0.4) is 0 Å². The number of aromatic nitrogens is 1. The number of ketones is 2. The molecular weight excluding hydrogens is 406 g/mol. The molecule has 0 aromatic carbocycles. The van der Waals surface area contributed by atoms with Gasteiger partial charge in [-0.05, 0) is 87.3 Å². The predicted octanol–water partition coefficient (Wildman–Crippen LogP) is 5.54. The van der Waals surface area contributed by atoms with E-state index in [1.807, 2.05) is 18.2 Å². The Hall–Kier alpha value is -1.46. The second kappa shape index (κ2) is 8.82. The van der Waals surface area contributed by atoms with Gasteiger partial charge in [0.25, 0.3) is 0 Å². The number of allylic oxidation sites excluding steroid dienone is 2. The lowest BCUT2D eigenvalue weighted by molar-refractivity contribution is -0.146. The van der Waals surface area contributed by atoms with Crippen molar-refractivity contribution in [3.05, 3.63) is 36.2 Å². The smallest absolute Gasteiger partial charge is 0.175 e. The predicted molar refractivity (Wildman–Crippen MR) is 124 cm³/mol. The highest BCUT2D eigenvalue weighted by atomic mass is 32.2. The number of carbonyl (C=O) groups excluding carboxylic acids is 2. The van der Waals surface area contributed by atoms with Gasteiger partial charge >= 0.3 is 0 Å². The first kappa shape index (κ1) is 22.7. The van der Waals surface area contributed by atoms with Crippen LogP contribution in [0.25, 0.3) is 0 Å². The summed E-state index contributed by atoms with van der Waals surface area (Å²) in [6.07, 6.45) is 14.6. The third kappa shape index (κ3) is 4.28. The van der Waals surface area contributed by atoms with Gasteiger partial charge in [-0.2, -0.15) is 0 Å². The molecule has 2 saturated carbocycles. The summed E-state index contributed by atoms with van der Waals surface area (Å²) in [7, 11) is 0. The molecule has 1 N–H and O–H groups in total. The molecule has 5 heteroatoms. The summed E-state index contributed by atoms with van der Waals surface area (Å²) in [5.74, 6) is 1.07. The monoisotopic (exact) mass is 441 g/mol. The second-order valence-corrected chi connectivity index (χ2v) is 11.4. The highest BCUT2D eigenvalue weighted by molar-refractivity contribution is 8.00. The first-order valence-corrected chi connectivity index (χ1v) is 12.8. The van der Waals surface area contributed by atoms with E-state index in [2.05, 4.69) is 18.8 Å². The van der Waals surface area contributed by atoms with Crippen LogP contribution in [0.2, 0.25) is 0 Å². The molecule has 4 atom stereocenters. The number of hydrogen-bond acceptors (Lipinski definition) is 5. The molecular formula is C26H35NO3S. The fourth-order valence-electron chi connectivity index (χ4n) is 6.37. The minimum absolute atomic E-state index is 0.0342. The van der Waals surface area contributed by atoms with Crippen LogP contribution in [0.1, 0.15) is 78.1 Å². The van der Waals surface area contributed by atoms with E-state index in [1.165, 1.54) is 23.8 Å². The Bertz CT molecular complexity index is 869. The molecule has 2 fully saturated rings. The van der Waals surface area contributed by atoms with Crippen LogP contribution in [0.5, 0.6) is 0 Å². The van der Waals surface area contributed by atoms with Gasteiger partial charge in [0.2, 0.25) is 0 Å². The van der Waals surface area contributed by atoms with E-state index in [0.717, 1.165) is 49.8 Å². The van der Waals surface area contributed by atoms with E-state index in [4.69, 9.17) is 0 Å². The molecule has 3 aliphatic rings. The first-order valence-electron chi connectivity index (χ1n) is 11.8. The second-order valence-electron chi connectivity index (χ2n) is 10.4. The van der Waals surface area contributed by atoms with Gasteiger partial charge < -0.3 is 5.11 Å². The summed E-state index contributed by atoms with van der Waals surface area (Å²) >= 11 is 1.49. The summed E-state index contributed by atoms with van der Waals surface area (Å²) in [5, 5.41) is 11.6. The van der Waals surface area contributed by atoms with Crippen LogP contribution in [-0.4, -0.2) is 33.0 Å². The van der Waals surface area contributed by atoms with Crippen LogP contribution in [-0.2, 0) is 9.59 Å². The highest BCUT2D eigenvalue weighted by Crippen LogP contribution is 2.55. The highest BCUT2D eigenvalue weighted by Gasteiger charge is 2.55. The zero-order valence-electron chi connectivity index (χ0n) is 18.9. The summed E-state index contributed by atoms with van der Waals surface area (Å²) in [4.78, 5) is 30.2. The fourth-order valence-corrected chi connectivity index (χ4v) is 7.22. The molecule has 3 aliphatic carbocycles. The molecule has 0 spiro atoms. The van der Waals surface area contributed by atoms with E-state index in [9.17, 15) is 14.7 Å². The molecule has 0 radical (unpaired) electrons. The van der Waals surface area contributed by atoms with Gasteiger partial charge in [0, 0.05) is 29.1 Å². The molecule has 0 amide bonds. The van der Waals surface area contributed by atoms with Crippen molar-refractivity contribution in [2.45, 2.75) is 88.6 Å². The SMILES string of the molecule is CC12CCC(=O)C=C1CCCC2CCC1(C)CCC[C@]1(O)C(=O)CSc1ccncc1. The van der Waals surface area contributed by atoms with Crippen molar-refractivity contribution in [3.8, 4) is 0 Å². The maximum absolute atomic E-state index is 13.2. The quantitative estimate of drug-likeness (QED) is 0.563. The Morgan fingerprint density at radius 1 is 1.16 bits per heavy atom. The van der Waals surface area contributed by atoms with Crippen molar-refractivity contribution >= 4 is 23.3 Å². The molecule has 0 saturated heterocycles. The van der Waals surface area contributed by atoms with Gasteiger partial charge in [-0.25, -0.2) is 0 Å². The molecule has 4 nitrogen and oxygen atoms in total. The van der Waals surface area contributed by atoms with Gasteiger partial charge in [0.05, 0.1) is 5.75 Å². The number of pyridine rings is 1. The molecule has 1 heterocycles. The molecule has 1 aromatic heterocycles. The van der Waals surface area contributed by atoms with Crippen molar-refractivity contribution in [2.24, 2.45) is 16.7 Å². The Morgan fingerprint density at radius 3 is 2.71 bits per heavy atom. The van der Waals surface area contributed by atoms with Crippen molar-refractivity contribution in [1.29, 1.82) is 0 Å². The molecule has 0 aliphatic heterocycles. The van der Waals surface area contributed by atoms with Gasteiger partial charge in [0.1, 0.15) is 5.60 Å². The average Bonchev–Trinajstić information content (AvgIpc) is 3.07. The number of hydrogen-bond donors (Lipinski definition) is 1. The molecule has 4 rings (SSSR count). The van der Waals surface area contributed by atoms with Gasteiger partial charge in [0.15, 0.2) is 11.6 Å². The molecule has 31 heavy (non-hydrogen) atoms. The number of rotatable bonds is 7. The van der Waals surface area contributed by atoms with Crippen LogP contribution < -0.4 is 0 Å². The van der Waals surface area contributed by atoms with Crippen molar-refractivity contribution < 1.29 is 14.7 Å². The lowest BCUT2D eigenvalue weighted by atomic mass is 9.57. The maximum atomic E-state index is 13.2. The van der Waals surface area contributed by atoms with E-state index in [-0.39, 0.29) is 22.4 Å². The molecule has 3 unspecified atom stereocenters. The summed E-state index contributed by atoms with van der Waals surface area (Å²) < 4.78 is 0. The van der Waals surface area contributed by atoms with Crippen LogP contribution in [0.4, 0.5) is 0 Å². The Labute approximate surface area is 190 Å². The van der Waals surface area contributed by atoms with E-state index in [0.29, 0.717) is 24.5 Å². The Balaban J connectivity index is 1.43. The van der Waals surface area contributed by atoms with Crippen molar-refractivity contribution in [1.82, 2.24) is 4.98 Å². The van der Waals surface area contributed by atoms with E-state index < -0.39 is 5.60 Å². The molecule has 168 valence electrons. The third-order valence-electron chi connectivity index (χ3n) is 8.65. The number of carbonyl (C=O) groups is 2. The maximum Gasteiger partial charge on any atom is 0.175 e. The lowest BCUT2D eigenvalue weighted by Crippen LogP contribution is -2.50. The van der Waals surface area contributed by atoms with Crippen molar-refractivity contribution in [2.75, 3.05) is 5.75 Å². The molecule has 1 aromatic rings. The van der Waals surface area contributed by atoms with Gasteiger partial charge in [-0.15, -0.1) is 11.8 Å². The average molecular weight is 442 g/mol. The minimum Gasteiger partial charge on any atom is -0.381 e. The largest absolute Gasteiger partial charge is 0.381 e. The zero-order chi connectivity index (χ0) is 22.1. The summed E-state index contributed by atoms with van der Waals surface area (Å²) in [5.41, 5.74) is -0.147. The number of thioether (sulfide) groups is 1. The fraction of sp³-hybridized carbons (Fsp3) is 0.654. The van der Waals surface area contributed by atoms with Crippen LogP contribution in [0.15, 0.2) is 41.1 Å². The number of fused-ring (bicyclic) bond motifs is 1. The Morgan fingerprint density at radius 2 is 1.94 bits per heavy atom. The third-order valence-corrected chi connectivity index (χ3v) is 9.66. The van der Waals surface area contributed by atoms with Crippen molar-refractivity contribution in [3.63, 3.8) is 0 Å². The molecule has 0 bridgehead atoms. The van der Waals surface area contributed by atoms with Gasteiger partial charge in [-0.1, -0.05) is 19.4 Å². The van der Waals surface area contributed by atoms with E-state index >= 15 is 0 Å². The topological polar surface area (TPSA) is 67.3 Å². The van der Waals surface area contributed by atoms with Gasteiger partial charge in [-0.3, -0.25) is 14.6 Å². The summed E-state index contributed by atoms with van der Waals surface area (Å²) in [6.45, 7) is 4.47. The normalized spacial score (nSPS) is 35.5.